The maximum atomic E-state index is 14.1. The molecule has 0 spiro atoms. The highest BCUT2D eigenvalue weighted by atomic mass is 19.1. The summed E-state index contributed by atoms with van der Waals surface area (Å²) in [4.78, 5) is 25.7. The van der Waals surface area contributed by atoms with Crippen molar-refractivity contribution in [2.24, 2.45) is 0 Å². The number of carbonyl (C=O) groups excluding carboxylic acids is 1. The molecule has 1 aliphatic rings. The number of anilines is 3. The predicted molar refractivity (Wildman–Crippen MR) is 128 cm³/mol. The molecule has 0 saturated heterocycles. The van der Waals surface area contributed by atoms with E-state index in [1.54, 1.807) is 18.5 Å². The van der Waals surface area contributed by atoms with E-state index in [9.17, 15) is 19.4 Å². The lowest BCUT2D eigenvalue weighted by Gasteiger charge is -2.23. The van der Waals surface area contributed by atoms with Gasteiger partial charge in [-0.1, -0.05) is 0 Å². The number of aliphatic hydroxyl groups is 2. The maximum absolute atomic E-state index is 14.1. The summed E-state index contributed by atoms with van der Waals surface area (Å²) in [6, 6.07) is 7.02. The third-order valence-electron chi connectivity index (χ3n) is 5.92. The quantitative estimate of drug-likeness (QED) is 0.341. The monoisotopic (exact) mass is 468 g/mol. The number of hydrogen-bond donors (Lipinski definition) is 5. The zero-order chi connectivity index (χ0) is 24.3. The van der Waals surface area contributed by atoms with Crippen LogP contribution in [0.25, 0.3) is 11.0 Å². The normalized spacial score (nSPS) is 19.1. The lowest BCUT2D eigenvalue weighted by Crippen LogP contribution is -2.42. The van der Waals surface area contributed by atoms with Crippen LogP contribution in [-0.2, 0) is 0 Å². The van der Waals surface area contributed by atoms with Gasteiger partial charge in [0.25, 0.3) is 5.91 Å². The number of amides is 1. The van der Waals surface area contributed by atoms with E-state index in [0.717, 1.165) is 29.6 Å². The first-order chi connectivity index (χ1) is 16.2. The van der Waals surface area contributed by atoms with E-state index in [1.807, 2.05) is 18.2 Å². The minimum Gasteiger partial charge on any atom is -0.391 e. The van der Waals surface area contributed by atoms with Crippen molar-refractivity contribution in [3.8, 4) is 0 Å². The summed E-state index contributed by atoms with van der Waals surface area (Å²) in [7, 11) is 0. The molecule has 34 heavy (non-hydrogen) atoms. The first kappa shape index (κ1) is 23.8. The lowest BCUT2D eigenvalue weighted by molar-refractivity contribution is -0.00177. The number of hydrogen-bond acceptors (Lipinski definition) is 8. The van der Waals surface area contributed by atoms with Gasteiger partial charge >= 0.3 is 0 Å². The van der Waals surface area contributed by atoms with Gasteiger partial charge in [-0.2, -0.15) is 0 Å². The minimum atomic E-state index is -1.63. The first-order valence-electron chi connectivity index (χ1n) is 11.3. The molecule has 5 N–H and O–H groups in total. The van der Waals surface area contributed by atoms with Crippen molar-refractivity contribution in [1.82, 2.24) is 20.3 Å². The van der Waals surface area contributed by atoms with E-state index in [-0.39, 0.29) is 18.2 Å². The summed E-state index contributed by atoms with van der Waals surface area (Å²) in [5, 5.41) is 29.0. The van der Waals surface area contributed by atoms with E-state index in [1.165, 1.54) is 20.0 Å². The van der Waals surface area contributed by atoms with Gasteiger partial charge in [0.15, 0.2) is 0 Å². The van der Waals surface area contributed by atoms with Crippen LogP contribution in [0.1, 0.15) is 43.5 Å². The van der Waals surface area contributed by atoms with Gasteiger partial charge in [-0.3, -0.25) is 14.8 Å². The van der Waals surface area contributed by atoms with Crippen LogP contribution < -0.4 is 16.0 Å². The second kappa shape index (κ2) is 9.86. The Hall–Kier alpha value is -3.37. The Balaban J connectivity index is 1.57. The molecule has 1 amide bonds. The van der Waals surface area contributed by atoms with Crippen molar-refractivity contribution >= 4 is 34.1 Å². The van der Waals surface area contributed by atoms with Gasteiger partial charge in [0, 0.05) is 30.3 Å². The van der Waals surface area contributed by atoms with Crippen LogP contribution in [0, 0.1) is 0 Å². The highest BCUT2D eigenvalue weighted by Crippen LogP contribution is 2.28. The average Bonchev–Trinajstić information content (AvgIpc) is 3.21. The second-order valence-electron chi connectivity index (χ2n) is 9.08. The second-order valence-corrected chi connectivity index (χ2v) is 9.08. The molecule has 0 bridgehead atoms. The van der Waals surface area contributed by atoms with Crippen LogP contribution in [-0.4, -0.2) is 61.5 Å². The summed E-state index contributed by atoms with van der Waals surface area (Å²) in [5.74, 6) is -0.0449. The van der Waals surface area contributed by atoms with Gasteiger partial charge < -0.3 is 26.2 Å². The Bertz CT molecular complexity index is 1170. The number of alkyl halides is 1. The van der Waals surface area contributed by atoms with Crippen LogP contribution in [0.3, 0.4) is 0 Å². The maximum Gasteiger partial charge on any atom is 0.255 e. The van der Waals surface area contributed by atoms with Gasteiger partial charge in [-0.25, -0.2) is 9.37 Å². The fourth-order valence-corrected chi connectivity index (χ4v) is 3.85. The molecule has 3 atom stereocenters. The van der Waals surface area contributed by atoms with Crippen molar-refractivity contribution in [2.75, 3.05) is 17.2 Å². The fourth-order valence-electron chi connectivity index (χ4n) is 3.85. The number of rotatable bonds is 8. The molecule has 3 unspecified atom stereocenters. The van der Waals surface area contributed by atoms with E-state index in [4.69, 9.17) is 0 Å². The highest BCUT2D eigenvalue weighted by Gasteiger charge is 2.29. The predicted octanol–water partition coefficient (Wildman–Crippen LogP) is 2.93. The molecule has 0 aliphatic heterocycles. The molecule has 1 aliphatic carbocycles. The Morgan fingerprint density at radius 1 is 1.18 bits per heavy atom. The Morgan fingerprint density at radius 3 is 2.65 bits per heavy atom. The van der Waals surface area contributed by atoms with Crippen LogP contribution in [0.15, 0.2) is 42.9 Å². The topological polar surface area (TPSA) is 132 Å². The zero-order valence-corrected chi connectivity index (χ0v) is 19.1. The van der Waals surface area contributed by atoms with Crippen molar-refractivity contribution in [3.63, 3.8) is 0 Å². The number of pyridine rings is 1. The van der Waals surface area contributed by atoms with Gasteiger partial charge in [-0.05, 0) is 51.3 Å². The SMILES string of the molecule is CC(C)(O)C(F)CNC(=O)c1cnc(Nc2ccc3nccnc3c2)cc1NC1CCCC1O. The van der Waals surface area contributed by atoms with Crippen LogP contribution >= 0.6 is 0 Å². The smallest absolute Gasteiger partial charge is 0.255 e. The summed E-state index contributed by atoms with van der Waals surface area (Å²) in [6.45, 7) is 2.35. The third kappa shape index (κ3) is 5.57. The van der Waals surface area contributed by atoms with E-state index >= 15 is 0 Å². The molecular formula is C24H29FN6O3. The Kier molecular flexibility index (Phi) is 6.90. The number of benzene rings is 1. The molecule has 180 valence electrons. The van der Waals surface area contributed by atoms with Crippen LogP contribution in [0.4, 0.5) is 21.6 Å². The molecule has 2 heterocycles. The van der Waals surface area contributed by atoms with Crippen LogP contribution in [0.2, 0.25) is 0 Å². The summed E-state index contributed by atoms with van der Waals surface area (Å²) < 4.78 is 14.1. The molecule has 4 rings (SSSR count). The lowest BCUT2D eigenvalue weighted by atomic mass is 10.0. The standard InChI is InChI=1S/C24H29FN6O3/c1-24(2,34)21(25)13-29-23(33)15-12-28-22(11-18(15)31-17-4-3-5-20(17)32)30-14-6-7-16-19(10-14)27-9-8-26-16/h6-12,17,20-21,32,34H,3-5,13H2,1-2H3,(H,29,33)(H2,28,30,31). The average molecular weight is 469 g/mol. The molecular weight excluding hydrogens is 439 g/mol. The van der Waals surface area contributed by atoms with Crippen molar-refractivity contribution in [2.45, 2.75) is 57.0 Å². The third-order valence-corrected chi connectivity index (χ3v) is 5.92. The van der Waals surface area contributed by atoms with Crippen molar-refractivity contribution in [3.05, 3.63) is 48.4 Å². The van der Waals surface area contributed by atoms with E-state index in [2.05, 4.69) is 30.9 Å². The zero-order valence-electron chi connectivity index (χ0n) is 19.1. The van der Waals surface area contributed by atoms with Gasteiger partial charge in [0.2, 0.25) is 0 Å². The highest BCUT2D eigenvalue weighted by molar-refractivity contribution is 6.00. The van der Waals surface area contributed by atoms with Crippen LogP contribution in [0.5, 0.6) is 0 Å². The Labute approximate surface area is 196 Å². The number of fused-ring (bicyclic) bond motifs is 1. The number of halogens is 1. The van der Waals surface area contributed by atoms with Crippen molar-refractivity contribution in [1.29, 1.82) is 0 Å². The number of aliphatic hydroxyl groups excluding tert-OH is 1. The molecule has 2 aromatic heterocycles. The van der Waals surface area contributed by atoms with Crippen molar-refractivity contribution < 1.29 is 19.4 Å². The van der Waals surface area contributed by atoms with E-state index in [0.29, 0.717) is 17.9 Å². The molecule has 3 aromatic rings. The number of aromatic nitrogens is 3. The largest absolute Gasteiger partial charge is 0.391 e. The molecule has 1 aromatic carbocycles. The van der Waals surface area contributed by atoms with E-state index < -0.39 is 23.8 Å². The minimum absolute atomic E-state index is 0.206. The van der Waals surface area contributed by atoms with Gasteiger partial charge in [0.05, 0.1) is 46.6 Å². The fraction of sp³-hybridized carbons (Fsp3) is 0.417. The summed E-state index contributed by atoms with van der Waals surface area (Å²) in [6.07, 6.45) is 4.82. The summed E-state index contributed by atoms with van der Waals surface area (Å²) in [5.41, 5.74) is 1.36. The van der Waals surface area contributed by atoms with Gasteiger partial charge in [0.1, 0.15) is 12.0 Å². The molecule has 1 fully saturated rings. The number of nitrogens with zero attached hydrogens (tertiary/aromatic N) is 3. The number of carbonyl (C=O) groups is 1. The Morgan fingerprint density at radius 2 is 1.94 bits per heavy atom. The molecule has 9 nitrogen and oxygen atoms in total. The molecule has 0 radical (unpaired) electrons. The summed E-state index contributed by atoms with van der Waals surface area (Å²) >= 11 is 0. The number of nitrogens with one attached hydrogen (secondary N) is 3. The molecule has 10 heteroatoms. The first-order valence-corrected chi connectivity index (χ1v) is 11.3. The molecule has 1 saturated carbocycles. The van der Waals surface area contributed by atoms with Gasteiger partial charge in [-0.15, -0.1) is 0 Å².